The second kappa shape index (κ2) is 5.21. The highest BCUT2D eigenvalue weighted by molar-refractivity contribution is 5.96. The van der Waals surface area contributed by atoms with Gasteiger partial charge in [0.2, 0.25) is 0 Å². The van der Waals surface area contributed by atoms with Gasteiger partial charge in [-0.25, -0.2) is 0 Å². The zero-order valence-electron chi connectivity index (χ0n) is 10.4. The zero-order valence-corrected chi connectivity index (χ0v) is 10.4. The van der Waals surface area contributed by atoms with E-state index in [-0.39, 0.29) is 11.6 Å². The van der Waals surface area contributed by atoms with Crippen molar-refractivity contribution in [2.24, 2.45) is 0 Å². The Morgan fingerprint density at radius 2 is 2.16 bits per heavy atom. The molecule has 2 rings (SSSR count). The van der Waals surface area contributed by atoms with Crippen LogP contribution in [0.5, 0.6) is 0 Å². The molecule has 0 spiro atoms. The standard InChI is InChI=1S/C13H14F3NO2/c1-8-2-3-9(13(14,15)16)6-11(8)12(18)17-10-4-5-19-7-10/h2-3,6,10H,4-5,7H2,1H3,(H,17,18). The van der Waals surface area contributed by atoms with Crippen molar-refractivity contribution in [1.29, 1.82) is 0 Å². The van der Waals surface area contributed by atoms with Crippen LogP contribution in [0.2, 0.25) is 0 Å². The number of alkyl halides is 3. The van der Waals surface area contributed by atoms with Gasteiger partial charge in [-0.2, -0.15) is 13.2 Å². The molecular formula is C13H14F3NO2. The molecule has 1 fully saturated rings. The van der Waals surface area contributed by atoms with Gasteiger partial charge in [0, 0.05) is 12.2 Å². The summed E-state index contributed by atoms with van der Waals surface area (Å²) in [6, 6.07) is 3.05. The molecule has 1 aliphatic heterocycles. The first-order valence-electron chi connectivity index (χ1n) is 5.94. The number of amides is 1. The van der Waals surface area contributed by atoms with Gasteiger partial charge in [0.05, 0.1) is 18.2 Å². The molecule has 1 saturated heterocycles. The monoisotopic (exact) mass is 273 g/mol. The van der Waals surface area contributed by atoms with Crippen molar-refractivity contribution >= 4 is 5.91 Å². The Labute approximate surface area is 108 Å². The number of rotatable bonds is 2. The van der Waals surface area contributed by atoms with Crippen LogP contribution in [-0.4, -0.2) is 25.2 Å². The van der Waals surface area contributed by atoms with E-state index in [4.69, 9.17) is 4.74 Å². The predicted molar refractivity (Wildman–Crippen MR) is 62.9 cm³/mol. The molecule has 6 heteroatoms. The van der Waals surface area contributed by atoms with Gasteiger partial charge in [0.15, 0.2) is 0 Å². The SMILES string of the molecule is Cc1ccc(C(F)(F)F)cc1C(=O)NC1CCOC1. The molecule has 19 heavy (non-hydrogen) atoms. The van der Waals surface area contributed by atoms with E-state index in [0.29, 0.717) is 25.2 Å². The lowest BCUT2D eigenvalue weighted by molar-refractivity contribution is -0.137. The van der Waals surface area contributed by atoms with Crippen LogP contribution in [0.15, 0.2) is 18.2 Å². The van der Waals surface area contributed by atoms with E-state index >= 15 is 0 Å². The van der Waals surface area contributed by atoms with E-state index in [1.807, 2.05) is 0 Å². The molecule has 0 bridgehead atoms. The molecule has 1 aromatic rings. The summed E-state index contributed by atoms with van der Waals surface area (Å²) in [5.74, 6) is -0.487. The van der Waals surface area contributed by atoms with Crippen LogP contribution in [0.25, 0.3) is 0 Å². The molecule has 1 heterocycles. The summed E-state index contributed by atoms with van der Waals surface area (Å²) >= 11 is 0. The second-order valence-corrected chi connectivity index (χ2v) is 4.56. The summed E-state index contributed by atoms with van der Waals surface area (Å²) in [7, 11) is 0. The first-order valence-corrected chi connectivity index (χ1v) is 5.94. The first-order chi connectivity index (χ1) is 8.88. The van der Waals surface area contributed by atoms with Crippen molar-refractivity contribution in [2.75, 3.05) is 13.2 Å². The minimum Gasteiger partial charge on any atom is -0.379 e. The molecule has 1 amide bonds. The average molecular weight is 273 g/mol. The number of nitrogens with one attached hydrogen (secondary N) is 1. The number of hydrogen-bond acceptors (Lipinski definition) is 2. The molecular weight excluding hydrogens is 259 g/mol. The summed E-state index contributed by atoms with van der Waals surface area (Å²) in [6.07, 6.45) is -3.76. The minimum atomic E-state index is -4.45. The number of aryl methyl sites for hydroxylation is 1. The lowest BCUT2D eigenvalue weighted by Gasteiger charge is -2.14. The van der Waals surface area contributed by atoms with Crippen molar-refractivity contribution in [1.82, 2.24) is 5.32 Å². The van der Waals surface area contributed by atoms with Gasteiger partial charge in [-0.1, -0.05) is 6.07 Å². The van der Waals surface area contributed by atoms with E-state index in [2.05, 4.69) is 5.32 Å². The van der Waals surface area contributed by atoms with Gasteiger partial charge in [-0.15, -0.1) is 0 Å². The molecule has 3 nitrogen and oxygen atoms in total. The smallest absolute Gasteiger partial charge is 0.379 e. The summed E-state index contributed by atoms with van der Waals surface area (Å²) < 4.78 is 43.0. The number of ether oxygens (including phenoxy) is 1. The molecule has 1 atom stereocenters. The fraction of sp³-hybridized carbons (Fsp3) is 0.462. The third-order valence-electron chi connectivity index (χ3n) is 3.07. The molecule has 104 valence electrons. The second-order valence-electron chi connectivity index (χ2n) is 4.56. The maximum absolute atomic E-state index is 12.6. The number of halogens is 3. The van der Waals surface area contributed by atoms with Crippen LogP contribution in [0.3, 0.4) is 0 Å². The fourth-order valence-corrected chi connectivity index (χ4v) is 1.95. The minimum absolute atomic E-state index is 0.0572. The van der Waals surface area contributed by atoms with Crippen LogP contribution in [0, 0.1) is 6.92 Å². The van der Waals surface area contributed by atoms with E-state index in [0.717, 1.165) is 12.1 Å². The van der Waals surface area contributed by atoms with Crippen molar-refractivity contribution in [3.63, 3.8) is 0 Å². The highest BCUT2D eigenvalue weighted by Crippen LogP contribution is 2.30. The molecule has 0 aliphatic carbocycles. The Morgan fingerprint density at radius 3 is 2.74 bits per heavy atom. The molecule has 0 aromatic heterocycles. The molecule has 1 N–H and O–H groups in total. The Bertz CT molecular complexity index is 479. The van der Waals surface area contributed by atoms with Crippen molar-refractivity contribution in [3.8, 4) is 0 Å². The summed E-state index contributed by atoms with van der Waals surface area (Å²) in [4.78, 5) is 12.0. The molecule has 0 radical (unpaired) electrons. The molecule has 0 saturated carbocycles. The number of carbonyl (C=O) groups is 1. The van der Waals surface area contributed by atoms with E-state index < -0.39 is 17.6 Å². The summed E-state index contributed by atoms with van der Waals surface area (Å²) in [5.41, 5.74) is -0.239. The van der Waals surface area contributed by atoms with E-state index in [1.54, 1.807) is 6.92 Å². The van der Waals surface area contributed by atoms with Gasteiger partial charge < -0.3 is 10.1 Å². The molecule has 1 unspecified atom stereocenters. The average Bonchev–Trinajstić information content (AvgIpc) is 2.80. The fourth-order valence-electron chi connectivity index (χ4n) is 1.95. The largest absolute Gasteiger partial charge is 0.416 e. The zero-order chi connectivity index (χ0) is 14.0. The lowest BCUT2D eigenvalue weighted by Crippen LogP contribution is -2.35. The molecule has 1 aliphatic rings. The Morgan fingerprint density at radius 1 is 1.42 bits per heavy atom. The van der Waals surface area contributed by atoms with E-state index in [1.165, 1.54) is 6.07 Å². The first kappa shape index (κ1) is 13.9. The Hall–Kier alpha value is -1.56. The van der Waals surface area contributed by atoms with Crippen LogP contribution < -0.4 is 5.32 Å². The maximum atomic E-state index is 12.6. The van der Waals surface area contributed by atoms with Crippen molar-refractivity contribution < 1.29 is 22.7 Å². The van der Waals surface area contributed by atoms with Crippen LogP contribution in [-0.2, 0) is 10.9 Å². The number of benzene rings is 1. The van der Waals surface area contributed by atoms with Gasteiger partial charge in [0.1, 0.15) is 0 Å². The van der Waals surface area contributed by atoms with Gasteiger partial charge in [-0.3, -0.25) is 4.79 Å². The summed E-state index contributed by atoms with van der Waals surface area (Å²) in [5, 5.41) is 2.68. The summed E-state index contributed by atoms with van der Waals surface area (Å²) in [6.45, 7) is 2.58. The third-order valence-corrected chi connectivity index (χ3v) is 3.07. The third kappa shape index (κ3) is 3.26. The Kier molecular flexibility index (Phi) is 3.80. The number of hydrogen-bond donors (Lipinski definition) is 1. The van der Waals surface area contributed by atoms with Crippen molar-refractivity contribution in [3.05, 3.63) is 34.9 Å². The normalized spacial score (nSPS) is 19.5. The highest BCUT2D eigenvalue weighted by atomic mass is 19.4. The predicted octanol–water partition coefficient (Wildman–Crippen LogP) is 2.53. The van der Waals surface area contributed by atoms with Crippen LogP contribution in [0.4, 0.5) is 13.2 Å². The van der Waals surface area contributed by atoms with E-state index in [9.17, 15) is 18.0 Å². The van der Waals surface area contributed by atoms with Crippen molar-refractivity contribution in [2.45, 2.75) is 25.6 Å². The highest BCUT2D eigenvalue weighted by Gasteiger charge is 2.31. The van der Waals surface area contributed by atoms with Gasteiger partial charge in [-0.05, 0) is 31.0 Å². The van der Waals surface area contributed by atoms with Gasteiger partial charge >= 0.3 is 6.18 Å². The number of carbonyl (C=O) groups excluding carboxylic acids is 1. The Balaban J connectivity index is 2.20. The molecule has 1 aromatic carbocycles. The lowest BCUT2D eigenvalue weighted by atomic mass is 10.0. The maximum Gasteiger partial charge on any atom is 0.416 e. The van der Waals surface area contributed by atoms with Crippen LogP contribution in [0.1, 0.15) is 27.9 Å². The quantitative estimate of drug-likeness (QED) is 0.899. The topological polar surface area (TPSA) is 38.3 Å². The van der Waals surface area contributed by atoms with Gasteiger partial charge in [0.25, 0.3) is 5.91 Å². The van der Waals surface area contributed by atoms with Crippen LogP contribution >= 0.6 is 0 Å².